The third kappa shape index (κ3) is 3.48. The van der Waals surface area contributed by atoms with Crippen LogP contribution in [-0.2, 0) is 9.53 Å². The van der Waals surface area contributed by atoms with Gasteiger partial charge in [0.25, 0.3) is 0 Å². The molecule has 0 spiro atoms. The van der Waals surface area contributed by atoms with Gasteiger partial charge in [-0.15, -0.1) is 0 Å². The van der Waals surface area contributed by atoms with Gasteiger partial charge in [-0.3, -0.25) is 4.79 Å². The Morgan fingerprint density at radius 1 is 1.63 bits per heavy atom. The summed E-state index contributed by atoms with van der Waals surface area (Å²) in [6.07, 6.45) is 0.345. The Hall–Kier alpha value is -1.07. The number of hydrogen-bond acceptors (Lipinski definition) is 3. The molecular weight excluding hydrogens is 310 g/mol. The first-order chi connectivity index (χ1) is 9.11. The molecule has 4 nitrogen and oxygen atoms in total. The van der Waals surface area contributed by atoms with Gasteiger partial charge in [-0.2, -0.15) is 0 Å². The summed E-state index contributed by atoms with van der Waals surface area (Å²) >= 11 is 3.44. The fourth-order valence-electron chi connectivity index (χ4n) is 2.13. The highest BCUT2D eigenvalue weighted by molar-refractivity contribution is 9.10. The molecule has 19 heavy (non-hydrogen) atoms. The van der Waals surface area contributed by atoms with E-state index in [2.05, 4.69) is 21.2 Å². The number of fused-ring (bicyclic) bond motifs is 1. The minimum atomic E-state index is -0.427. The van der Waals surface area contributed by atoms with Crippen molar-refractivity contribution in [2.45, 2.75) is 32.4 Å². The molecule has 1 aromatic carbocycles. The monoisotopic (exact) mass is 327 g/mol. The molecule has 0 fully saturated rings. The van der Waals surface area contributed by atoms with Crippen LogP contribution in [-0.4, -0.2) is 25.2 Å². The second kappa shape index (κ2) is 6.39. The van der Waals surface area contributed by atoms with E-state index in [1.807, 2.05) is 25.1 Å². The standard InChI is InChI=1S/C14H18BrNO3/c1-3-18-9(2)14(17)16-12-6-7-19-13-5-4-10(15)8-11(12)13/h4-5,8-9,12H,3,6-7H2,1-2H3,(H,16,17)/t9-,12+/m1/s1. The fourth-order valence-corrected chi connectivity index (χ4v) is 2.51. The van der Waals surface area contributed by atoms with Gasteiger partial charge in [0.2, 0.25) is 5.91 Å². The fraction of sp³-hybridized carbons (Fsp3) is 0.500. The molecule has 1 aliphatic rings. The Morgan fingerprint density at radius 2 is 2.42 bits per heavy atom. The Bertz CT molecular complexity index is 464. The van der Waals surface area contributed by atoms with Crippen LogP contribution in [0.15, 0.2) is 22.7 Å². The van der Waals surface area contributed by atoms with Crippen LogP contribution < -0.4 is 10.1 Å². The molecular formula is C14H18BrNO3. The second-order valence-electron chi connectivity index (χ2n) is 4.48. The molecule has 104 valence electrons. The summed E-state index contributed by atoms with van der Waals surface area (Å²) in [5, 5.41) is 3.02. The lowest BCUT2D eigenvalue weighted by Gasteiger charge is -2.27. The lowest BCUT2D eigenvalue weighted by atomic mass is 10.0. The van der Waals surface area contributed by atoms with Gasteiger partial charge in [-0.25, -0.2) is 0 Å². The van der Waals surface area contributed by atoms with Crippen LogP contribution in [0.3, 0.4) is 0 Å². The Morgan fingerprint density at radius 3 is 3.16 bits per heavy atom. The van der Waals surface area contributed by atoms with Crippen LogP contribution in [0.4, 0.5) is 0 Å². The molecule has 2 atom stereocenters. The maximum absolute atomic E-state index is 12.0. The highest BCUT2D eigenvalue weighted by Gasteiger charge is 2.25. The predicted molar refractivity (Wildman–Crippen MR) is 76.2 cm³/mol. The van der Waals surface area contributed by atoms with Crippen LogP contribution in [0, 0.1) is 0 Å². The van der Waals surface area contributed by atoms with Gasteiger partial charge >= 0.3 is 0 Å². The van der Waals surface area contributed by atoms with Crippen molar-refractivity contribution in [1.29, 1.82) is 0 Å². The molecule has 5 heteroatoms. The molecule has 2 rings (SSSR count). The van der Waals surface area contributed by atoms with E-state index in [9.17, 15) is 4.79 Å². The molecule has 0 unspecified atom stereocenters. The van der Waals surface area contributed by atoms with Crippen molar-refractivity contribution in [3.05, 3.63) is 28.2 Å². The third-order valence-electron chi connectivity index (χ3n) is 3.11. The summed E-state index contributed by atoms with van der Waals surface area (Å²) in [6.45, 7) is 4.79. The maximum Gasteiger partial charge on any atom is 0.249 e. The largest absolute Gasteiger partial charge is 0.493 e. The normalized spacial score (nSPS) is 19.2. The van der Waals surface area contributed by atoms with Gasteiger partial charge in [-0.1, -0.05) is 15.9 Å². The van der Waals surface area contributed by atoms with E-state index < -0.39 is 6.10 Å². The number of rotatable bonds is 4. The highest BCUT2D eigenvalue weighted by atomic mass is 79.9. The Labute approximate surface area is 121 Å². The molecule has 0 saturated heterocycles. The van der Waals surface area contributed by atoms with Crippen LogP contribution in [0.5, 0.6) is 5.75 Å². The smallest absolute Gasteiger partial charge is 0.249 e. The highest BCUT2D eigenvalue weighted by Crippen LogP contribution is 2.34. The molecule has 1 N–H and O–H groups in total. The number of carbonyl (C=O) groups excluding carboxylic acids is 1. The Kier molecular flexibility index (Phi) is 4.82. The number of nitrogens with one attached hydrogen (secondary N) is 1. The van der Waals surface area contributed by atoms with E-state index in [1.54, 1.807) is 6.92 Å². The summed E-state index contributed by atoms with van der Waals surface area (Å²) in [7, 11) is 0. The van der Waals surface area contributed by atoms with Gasteiger partial charge in [0.05, 0.1) is 12.6 Å². The quantitative estimate of drug-likeness (QED) is 0.925. The van der Waals surface area contributed by atoms with E-state index in [0.29, 0.717) is 13.2 Å². The number of benzene rings is 1. The van der Waals surface area contributed by atoms with E-state index in [1.165, 1.54) is 0 Å². The second-order valence-corrected chi connectivity index (χ2v) is 5.39. The lowest BCUT2D eigenvalue weighted by molar-refractivity contribution is -0.132. The number of carbonyl (C=O) groups is 1. The van der Waals surface area contributed by atoms with Gasteiger partial charge in [0.15, 0.2) is 0 Å². The topological polar surface area (TPSA) is 47.6 Å². The first-order valence-electron chi connectivity index (χ1n) is 6.46. The van der Waals surface area contributed by atoms with Crippen LogP contribution >= 0.6 is 15.9 Å². The van der Waals surface area contributed by atoms with E-state index in [-0.39, 0.29) is 11.9 Å². The first kappa shape index (κ1) is 14.3. The van der Waals surface area contributed by atoms with Gasteiger partial charge in [0, 0.05) is 23.1 Å². The molecule has 0 bridgehead atoms. The summed E-state index contributed by atoms with van der Waals surface area (Å²) in [5.74, 6) is 0.753. The van der Waals surface area contributed by atoms with Gasteiger partial charge in [-0.05, 0) is 32.0 Å². The summed E-state index contributed by atoms with van der Waals surface area (Å²) in [5.41, 5.74) is 1.01. The first-order valence-corrected chi connectivity index (χ1v) is 7.25. The maximum atomic E-state index is 12.0. The van der Waals surface area contributed by atoms with E-state index in [4.69, 9.17) is 9.47 Å². The minimum Gasteiger partial charge on any atom is -0.493 e. The van der Waals surface area contributed by atoms with Crippen molar-refractivity contribution in [2.75, 3.05) is 13.2 Å². The minimum absolute atomic E-state index is 0.0170. The number of halogens is 1. The average molecular weight is 328 g/mol. The van der Waals surface area contributed by atoms with Gasteiger partial charge < -0.3 is 14.8 Å². The summed E-state index contributed by atoms with van der Waals surface area (Å²) in [6, 6.07) is 5.83. The molecule has 1 aliphatic heterocycles. The molecule has 0 saturated carbocycles. The van der Waals surface area contributed by atoms with E-state index >= 15 is 0 Å². The zero-order chi connectivity index (χ0) is 13.8. The lowest BCUT2D eigenvalue weighted by Crippen LogP contribution is -2.38. The number of ether oxygens (including phenoxy) is 2. The van der Waals surface area contributed by atoms with Crippen molar-refractivity contribution in [3.63, 3.8) is 0 Å². The molecule has 0 aromatic heterocycles. The SMILES string of the molecule is CCO[C@H](C)C(=O)N[C@H]1CCOc2ccc(Br)cc21. The van der Waals surface area contributed by atoms with Crippen LogP contribution in [0.1, 0.15) is 31.9 Å². The van der Waals surface area contributed by atoms with E-state index in [0.717, 1.165) is 22.2 Å². The molecule has 1 amide bonds. The third-order valence-corrected chi connectivity index (χ3v) is 3.61. The molecule has 0 aliphatic carbocycles. The zero-order valence-electron chi connectivity index (χ0n) is 11.1. The summed E-state index contributed by atoms with van der Waals surface area (Å²) < 4.78 is 11.9. The number of hydrogen-bond donors (Lipinski definition) is 1. The summed E-state index contributed by atoms with van der Waals surface area (Å²) in [4.78, 5) is 12.0. The number of amides is 1. The molecule has 1 aromatic rings. The van der Waals surface area contributed by atoms with Crippen molar-refractivity contribution < 1.29 is 14.3 Å². The molecule has 1 heterocycles. The molecule has 0 radical (unpaired) electrons. The van der Waals surface area contributed by atoms with Crippen molar-refractivity contribution >= 4 is 21.8 Å². The van der Waals surface area contributed by atoms with Crippen LogP contribution in [0.2, 0.25) is 0 Å². The van der Waals surface area contributed by atoms with Gasteiger partial charge in [0.1, 0.15) is 11.9 Å². The van der Waals surface area contributed by atoms with Crippen LogP contribution in [0.25, 0.3) is 0 Å². The average Bonchev–Trinajstić information content (AvgIpc) is 2.39. The Balaban J connectivity index is 2.11. The zero-order valence-corrected chi connectivity index (χ0v) is 12.7. The van der Waals surface area contributed by atoms with Crippen molar-refractivity contribution in [3.8, 4) is 5.75 Å². The predicted octanol–water partition coefficient (Wildman–Crippen LogP) is 2.81. The van der Waals surface area contributed by atoms with Crippen molar-refractivity contribution in [1.82, 2.24) is 5.32 Å². The van der Waals surface area contributed by atoms with Crippen molar-refractivity contribution in [2.24, 2.45) is 0 Å².